The van der Waals surface area contributed by atoms with E-state index in [0.29, 0.717) is 0 Å². The Bertz CT molecular complexity index is 803. The molecule has 3 aromatic rings. The number of benzene rings is 1. The molecule has 106 valence electrons. The molecule has 0 saturated carbocycles. The lowest BCUT2D eigenvalue weighted by Gasteiger charge is -2.02. The Morgan fingerprint density at radius 2 is 1.86 bits per heavy atom. The van der Waals surface area contributed by atoms with E-state index in [0.717, 1.165) is 21.6 Å². The normalized spacial score (nSPS) is 11.4. The zero-order chi connectivity index (χ0) is 14.8. The monoisotopic (exact) mass is 296 g/mol. The van der Waals surface area contributed by atoms with E-state index in [1.807, 2.05) is 12.1 Å². The second kappa shape index (κ2) is 5.61. The summed E-state index contributed by atoms with van der Waals surface area (Å²) >= 11 is 1.68. The van der Waals surface area contributed by atoms with Gasteiger partial charge in [-0.25, -0.2) is 9.97 Å². The average Bonchev–Trinajstić information content (AvgIpc) is 2.77. The summed E-state index contributed by atoms with van der Waals surface area (Å²) < 4.78 is 0. The highest BCUT2D eigenvalue weighted by Crippen LogP contribution is 2.32. The molecule has 0 aliphatic rings. The molecule has 2 aromatic heterocycles. The van der Waals surface area contributed by atoms with E-state index in [4.69, 9.17) is 0 Å². The molecule has 0 bridgehead atoms. The Kier molecular flexibility index (Phi) is 3.66. The fourth-order valence-corrected chi connectivity index (χ4v) is 3.08. The molecular weight excluding hydrogens is 280 g/mol. The number of hydrogen-bond donors (Lipinski definition) is 1. The summed E-state index contributed by atoms with van der Waals surface area (Å²) in [5, 5.41) is 5.34. The van der Waals surface area contributed by atoms with Crippen LogP contribution in [0, 0.1) is 20.8 Å². The Balaban J connectivity index is 1.87. The van der Waals surface area contributed by atoms with E-state index < -0.39 is 0 Å². The van der Waals surface area contributed by atoms with Crippen molar-refractivity contribution in [1.29, 1.82) is 0 Å². The van der Waals surface area contributed by atoms with Crippen molar-refractivity contribution in [2.24, 2.45) is 5.10 Å². The van der Waals surface area contributed by atoms with Crippen molar-refractivity contribution in [2.75, 3.05) is 5.43 Å². The first kappa shape index (κ1) is 13.7. The third-order valence-electron chi connectivity index (χ3n) is 3.43. The van der Waals surface area contributed by atoms with Crippen molar-refractivity contribution in [3.8, 4) is 0 Å². The minimum Gasteiger partial charge on any atom is -0.261 e. The highest BCUT2D eigenvalue weighted by Gasteiger charge is 2.10. The van der Waals surface area contributed by atoms with Gasteiger partial charge in [0, 0.05) is 4.88 Å². The summed E-state index contributed by atoms with van der Waals surface area (Å²) in [6.45, 7) is 6.26. The van der Waals surface area contributed by atoms with Crippen LogP contribution in [-0.2, 0) is 0 Å². The summed E-state index contributed by atoms with van der Waals surface area (Å²) in [4.78, 5) is 10.9. The molecule has 2 heterocycles. The van der Waals surface area contributed by atoms with Gasteiger partial charge in [-0.3, -0.25) is 5.43 Å². The Hall–Kier alpha value is -2.27. The van der Waals surface area contributed by atoms with Crippen LogP contribution >= 0.6 is 11.3 Å². The number of aromatic nitrogens is 2. The predicted molar refractivity (Wildman–Crippen MR) is 89.3 cm³/mol. The third-order valence-corrected chi connectivity index (χ3v) is 4.54. The lowest BCUT2D eigenvalue weighted by atomic mass is 10.2. The highest BCUT2D eigenvalue weighted by molar-refractivity contribution is 7.18. The van der Waals surface area contributed by atoms with E-state index in [1.54, 1.807) is 23.9 Å². The second-order valence-corrected chi connectivity index (χ2v) is 6.17. The number of nitrogens with zero attached hydrogens (tertiary/aromatic N) is 3. The molecule has 0 radical (unpaired) electrons. The molecule has 0 amide bonds. The van der Waals surface area contributed by atoms with E-state index in [9.17, 15) is 0 Å². The highest BCUT2D eigenvalue weighted by atomic mass is 32.1. The maximum Gasteiger partial charge on any atom is 0.158 e. The molecule has 5 heteroatoms. The van der Waals surface area contributed by atoms with Crippen LogP contribution in [-0.4, -0.2) is 16.2 Å². The van der Waals surface area contributed by atoms with Gasteiger partial charge in [0.15, 0.2) is 5.82 Å². The average molecular weight is 296 g/mol. The zero-order valence-corrected chi connectivity index (χ0v) is 13.0. The van der Waals surface area contributed by atoms with Gasteiger partial charge in [0.1, 0.15) is 11.2 Å². The zero-order valence-electron chi connectivity index (χ0n) is 12.2. The number of nitrogens with one attached hydrogen (secondary N) is 1. The molecule has 1 N–H and O–H groups in total. The van der Waals surface area contributed by atoms with Gasteiger partial charge in [-0.05, 0) is 31.9 Å². The topological polar surface area (TPSA) is 50.2 Å². The number of thiophene rings is 1. The van der Waals surface area contributed by atoms with Gasteiger partial charge in [-0.2, -0.15) is 5.10 Å². The molecule has 0 fully saturated rings. The summed E-state index contributed by atoms with van der Waals surface area (Å²) in [6.07, 6.45) is 3.36. The van der Waals surface area contributed by atoms with Gasteiger partial charge >= 0.3 is 0 Å². The fraction of sp³-hybridized carbons (Fsp3) is 0.188. The van der Waals surface area contributed by atoms with Crippen LogP contribution in [0.25, 0.3) is 10.2 Å². The maximum absolute atomic E-state index is 4.32. The molecule has 21 heavy (non-hydrogen) atoms. The molecule has 0 spiro atoms. The minimum atomic E-state index is 0.755. The van der Waals surface area contributed by atoms with Crippen molar-refractivity contribution in [3.63, 3.8) is 0 Å². The molecule has 1 aromatic carbocycles. The van der Waals surface area contributed by atoms with Crippen molar-refractivity contribution in [1.82, 2.24) is 9.97 Å². The van der Waals surface area contributed by atoms with Gasteiger partial charge in [-0.15, -0.1) is 11.3 Å². The number of rotatable bonds is 3. The number of anilines is 1. The second-order valence-electron chi connectivity index (χ2n) is 4.97. The number of hydrogen-bond acceptors (Lipinski definition) is 5. The molecule has 0 saturated heterocycles. The Morgan fingerprint density at radius 3 is 2.62 bits per heavy atom. The van der Waals surface area contributed by atoms with Crippen molar-refractivity contribution in [2.45, 2.75) is 20.8 Å². The SMILES string of the molecule is Cc1ccc(/C=N\Nc2ncnc3sc(C)c(C)c23)cc1. The molecular formula is C16H16N4S. The van der Waals surface area contributed by atoms with Gasteiger partial charge in [0.2, 0.25) is 0 Å². The minimum absolute atomic E-state index is 0.755. The number of fused-ring (bicyclic) bond motifs is 1. The standard InChI is InChI=1S/C16H16N4S/c1-10-4-6-13(7-5-10)8-19-20-15-14-11(2)12(3)21-16(14)18-9-17-15/h4-9H,1-3H3,(H,17,18,20)/b19-8-. The van der Waals surface area contributed by atoms with Crippen LogP contribution in [0.3, 0.4) is 0 Å². The molecule has 0 aliphatic heterocycles. The lowest BCUT2D eigenvalue weighted by molar-refractivity contribution is 1.19. The molecule has 3 rings (SSSR count). The van der Waals surface area contributed by atoms with Gasteiger partial charge in [-0.1, -0.05) is 29.8 Å². The Morgan fingerprint density at radius 1 is 1.10 bits per heavy atom. The largest absolute Gasteiger partial charge is 0.261 e. The van der Waals surface area contributed by atoms with E-state index >= 15 is 0 Å². The first-order chi connectivity index (χ1) is 10.1. The predicted octanol–water partition coefficient (Wildman–Crippen LogP) is 4.06. The summed E-state index contributed by atoms with van der Waals surface area (Å²) in [6, 6.07) is 8.21. The van der Waals surface area contributed by atoms with Crippen LogP contribution in [0.1, 0.15) is 21.6 Å². The van der Waals surface area contributed by atoms with Crippen molar-refractivity contribution < 1.29 is 0 Å². The van der Waals surface area contributed by atoms with Crippen LogP contribution in [0.4, 0.5) is 5.82 Å². The Labute approximate surface area is 127 Å². The van der Waals surface area contributed by atoms with Gasteiger partial charge < -0.3 is 0 Å². The molecule has 0 aliphatic carbocycles. The van der Waals surface area contributed by atoms with Crippen molar-refractivity contribution in [3.05, 3.63) is 52.2 Å². The van der Waals surface area contributed by atoms with Crippen LogP contribution in [0.5, 0.6) is 0 Å². The molecule has 4 nitrogen and oxygen atoms in total. The summed E-state index contributed by atoms with van der Waals surface area (Å²) in [5.41, 5.74) is 6.53. The van der Waals surface area contributed by atoms with Gasteiger partial charge in [0.05, 0.1) is 11.6 Å². The van der Waals surface area contributed by atoms with E-state index in [-0.39, 0.29) is 0 Å². The molecule has 0 unspecified atom stereocenters. The first-order valence-electron chi connectivity index (χ1n) is 6.71. The summed E-state index contributed by atoms with van der Waals surface area (Å²) in [7, 11) is 0. The van der Waals surface area contributed by atoms with Gasteiger partial charge in [0.25, 0.3) is 0 Å². The van der Waals surface area contributed by atoms with Crippen LogP contribution in [0.15, 0.2) is 35.7 Å². The quantitative estimate of drug-likeness (QED) is 0.585. The van der Waals surface area contributed by atoms with E-state index in [2.05, 4.69) is 53.4 Å². The fourth-order valence-electron chi connectivity index (χ4n) is 2.09. The van der Waals surface area contributed by atoms with E-state index in [1.165, 1.54) is 16.0 Å². The third kappa shape index (κ3) is 2.78. The maximum atomic E-state index is 4.32. The number of aryl methyl sites for hydroxylation is 3. The summed E-state index contributed by atoms with van der Waals surface area (Å²) in [5.74, 6) is 0.755. The van der Waals surface area contributed by atoms with Crippen molar-refractivity contribution >= 4 is 33.6 Å². The first-order valence-corrected chi connectivity index (χ1v) is 7.53. The lowest BCUT2D eigenvalue weighted by Crippen LogP contribution is -1.95. The number of hydrazone groups is 1. The van der Waals surface area contributed by atoms with Crippen LogP contribution < -0.4 is 5.43 Å². The smallest absolute Gasteiger partial charge is 0.158 e. The molecule has 0 atom stereocenters. The van der Waals surface area contributed by atoms with Crippen LogP contribution in [0.2, 0.25) is 0 Å².